The molecule has 1 heteroatoms. The Morgan fingerprint density at radius 1 is 1.14 bits per heavy atom. The summed E-state index contributed by atoms with van der Waals surface area (Å²) >= 11 is 0. The standard InChI is InChI=1S/C20H28O/c1-3-14-5-9-19-18-7-4-13-12-15(21)6-8-16(13)17(18)10-11-20(14,19)2/h12,14,18-19H,3-11H2,1-2H3/t14-,18?,19?,20?/m0/s1. The van der Waals surface area contributed by atoms with E-state index in [1.807, 2.05) is 6.08 Å². The van der Waals surface area contributed by atoms with Crippen LogP contribution in [0.2, 0.25) is 0 Å². The minimum Gasteiger partial charge on any atom is -0.295 e. The van der Waals surface area contributed by atoms with Crippen LogP contribution in [-0.4, -0.2) is 5.78 Å². The number of hydrogen-bond acceptors (Lipinski definition) is 1. The maximum absolute atomic E-state index is 11.7. The Bertz CT molecular complexity index is 538. The number of hydrogen-bond donors (Lipinski definition) is 0. The van der Waals surface area contributed by atoms with E-state index in [1.54, 1.807) is 11.1 Å². The van der Waals surface area contributed by atoms with Crippen molar-refractivity contribution in [1.29, 1.82) is 0 Å². The van der Waals surface area contributed by atoms with Gasteiger partial charge in [0.2, 0.25) is 0 Å². The molecule has 0 saturated heterocycles. The van der Waals surface area contributed by atoms with Crippen LogP contribution < -0.4 is 0 Å². The molecule has 3 unspecified atom stereocenters. The van der Waals surface area contributed by atoms with E-state index in [9.17, 15) is 4.79 Å². The molecule has 21 heavy (non-hydrogen) atoms. The SMILES string of the molecule is CC[C@H]1CCC2C3CCC4=CC(=O)CCC4=C3CCC21C. The molecule has 0 aliphatic heterocycles. The molecule has 0 aromatic heterocycles. The molecule has 4 aliphatic rings. The molecule has 0 radical (unpaired) electrons. The highest BCUT2D eigenvalue weighted by Gasteiger charge is 2.52. The highest BCUT2D eigenvalue weighted by atomic mass is 16.1. The van der Waals surface area contributed by atoms with Crippen molar-refractivity contribution in [3.63, 3.8) is 0 Å². The lowest BCUT2D eigenvalue weighted by Crippen LogP contribution is -2.40. The zero-order valence-electron chi connectivity index (χ0n) is 13.6. The summed E-state index contributed by atoms with van der Waals surface area (Å²) in [5.41, 5.74) is 5.41. The normalized spacial score (nSPS) is 42.3. The molecule has 0 N–H and O–H groups in total. The number of ketones is 1. The lowest BCUT2D eigenvalue weighted by molar-refractivity contribution is -0.114. The summed E-state index contributed by atoms with van der Waals surface area (Å²) < 4.78 is 0. The van der Waals surface area contributed by atoms with Crippen molar-refractivity contribution in [2.75, 3.05) is 0 Å². The zero-order valence-corrected chi connectivity index (χ0v) is 13.6. The van der Waals surface area contributed by atoms with Gasteiger partial charge in [-0.1, -0.05) is 25.8 Å². The summed E-state index contributed by atoms with van der Waals surface area (Å²) in [5.74, 6) is 3.10. The van der Waals surface area contributed by atoms with Crippen molar-refractivity contribution in [3.8, 4) is 0 Å². The van der Waals surface area contributed by atoms with Gasteiger partial charge >= 0.3 is 0 Å². The van der Waals surface area contributed by atoms with Crippen molar-refractivity contribution in [1.82, 2.24) is 0 Å². The van der Waals surface area contributed by atoms with Crippen molar-refractivity contribution in [2.24, 2.45) is 23.2 Å². The van der Waals surface area contributed by atoms with Gasteiger partial charge in [0.1, 0.15) is 0 Å². The quantitative estimate of drug-likeness (QED) is 0.645. The summed E-state index contributed by atoms with van der Waals surface area (Å²) in [4.78, 5) is 11.7. The van der Waals surface area contributed by atoms with Crippen LogP contribution in [0.1, 0.15) is 71.6 Å². The van der Waals surface area contributed by atoms with Crippen LogP contribution in [0.25, 0.3) is 0 Å². The minimum atomic E-state index is 0.361. The van der Waals surface area contributed by atoms with E-state index >= 15 is 0 Å². The fourth-order valence-corrected chi connectivity index (χ4v) is 6.31. The van der Waals surface area contributed by atoms with E-state index in [0.717, 1.165) is 30.6 Å². The molecule has 0 heterocycles. The summed E-state index contributed by atoms with van der Waals surface area (Å²) in [5, 5.41) is 0. The largest absolute Gasteiger partial charge is 0.295 e. The van der Waals surface area contributed by atoms with Gasteiger partial charge in [-0.2, -0.15) is 0 Å². The fraction of sp³-hybridized carbons (Fsp3) is 0.750. The monoisotopic (exact) mass is 284 g/mol. The predicted molar refractivity (Wildman–Crippen MR) is 85.9 cm³/mol. The minimum absolute atomic E-state index is 0.361. The Morgan fingerprint density at radius 3 is 2.81 bits per heavy atom. The highest BCUT2D eigenvalue weighted by molar-refractivity contribution is 5.93. The number of carbonyl (C=O) groups excluding carboxylic acids is 1. The Balaban J connectivity index is 1.71. The van der Waals surface area contributed by atoms with E-state index in [0.29, 0.717) is 11.2 Å². The second-order valence-electron chi connectivity index (χ2n) is 8.08. The molecule has 4 aliphatic carbocycles. The molecule has 2 fully saturated rings. The Morgan fingerprint density at radius 2 is 2.00 bits per heavy atom. The number of rotatable bonds is 1. The Labute approximate surface area is 128 Å². The molecule has 4 atom stereocenters. The molecule has 0 aromatic carbocycles. The maximum atomic E-state index is 11.7. The average molecular weight is 284 g/mol. The van der Waals surface area contributed by atoms with Crippen LogP contribution in [0, 0.1) is 23.2 Å². The van der Waals surface area contributed by atoms with Crippen molar-refractivity contribution < 1.29 is 4.79 Å². The molecule has 0 bridgehead atoms. The molecule has 114 valence electrons. The van der Waals surface area contributed by atoms with Gasteiger partial charge in [-0.05, 0) is 85.3 Å². The molecule has 2 saturated carbocycles. The fourth-order valence-electron chi connectivity index (χ4n) is 6.31. The molecule has 0 aromatic rings. The molecule has 4 rings (SSSR count). The Kier molecular flexibility index (Phi) is 3.17. The molecular weight excluding hydrogens is 256 g/mol. The Hall–Kier alpha value is -0.850. The topological polar surface area (TPSA) is 17.1 Å². The number of allylic oxidation sites excluding steroid dienone is 4. The van der Waals surface area contributed by atoms with Gasteiger partial charge in [0.05, 0.1) is 0 Å². The van der Waals surface area contributed by atoms with Crippen LogP contribution in [-0.2, 0) is 4.79 Å². The van der Waals surface area contributed by atoms with Gasteiger partial charge in [-0.3, -0.25) is 4.79 Å². The molecule has 0 amide bonds. The molecule has 0 spiro atoms. The van der Waals surface area contributed by atoms with Gasteiger partial charge in [-0.15, -0.1) is 0 Å². The first-order valence-electron chi connectivity index (χ1n) is 9.09. The number of carbonyl (C=O) groups is 1. The zero-order chi connectivity index (χ0) is 14.6. The molecular formula is C20H28O. The van der Waals surface area contributed by atoms with Crippen LogP contribution in [0.5, 0.6) is 0 Å². The van der Waals surface area contributed by atoms with Crippen molar-refractivity contribution >= 4 is 5.78 Å². The lowest BCUT2D eigenvalue weighted by atomic mass is 9.56. The van der Waals surface area contributed by atoms with Crippen LogP contribution in [0.4, 0.5) is 0 Å². The van der Waals surface area contributed by atoms with E-state index in [-0.39, 0.29) is 0 Å². The van der Waals surface area contributed by atoms with Crippen molar-refractivity contribution in [3.05, 3.63) is 22.8 Å². The van der Waals surface area contributed by atoms with Crippen molar-refractivity contribution in [2.45, 2.75) is 71.6 Å². The summed E-state index contributed by atoms with van der Waals surface area (Å²) in [6, 6.07) is 0. The second kappa shape index (κ2) is 4.83. The van der Waals surface area contributed by atoms with E-state index in [1.165, 1.54) is 50.5 Å². The first kappa shape index (κ1) is 13.8. The maximum Gasteiger partial charge on any atom is 0.156 e. The first-order valence-corrected chi connectivity index (χ1v) is 9.09. The smallest absolute Gasteiger partial charge is 0.156 e. The third-order valence-corrected chi connectivity index (χ3v) is 7.42. The van der Waals surface area contributed by atoms with E-state index in [2.05, 4.69) is 13.8 Å². The van der Waals surface area contributed by atoms with Gasteiger partial charge in [0.15, 0.2) is 5.78 Å². The summed E-state index contributed by atoms with van der Waals surface area (Å²) in [6.07, 6.45) is 13.2. The molecule has 1 nitrogen and oxygen atoms in total. The second-order valence-corrected chi connectivity index (χ2v) is 8.08. The number of fused-ring (bicyclic) bond motifs is 4. The van der Waals surface area contributed by atoms with E-state index in [4.69, 9.17) is 0 Å². The lowest BCUT2D eigenvalue weighted by Gasteiger charge is -2.49. The summed E-state index contributed by atoms with van der Waals surface area (Å²) in [7, 11) is 0. The average Bonchev–Trinajstić information content (AvgIpc) is 2.83. The van der Waals surface area contributed by atoms with Crippen LogP contribution >= 0.6 is 0 Å². The van der Waals surface area contributed by atoms with Gasteiger partial charge in [0.25, 0.3) is 0 Å². The van der Waals surface area contributed by atoms with Gasteiger partial charge in [-0.25, -0.2) is 0 Å². The first-order chi connectivity index (χ1) is 10.1. The van der Waals surface area contributed by atoms with Gasteiger partial charge in [0, 0.05) is 6.42 Å². The van der Waals surface area contributed by atoms with Crippen LogP contribution in [0.3, 0.4) is 0 Å². The highest BCUT2D eigenvalue weighted by Crippen LogP contribution is 2.62. The van der Waals surface area contributed by atoms with Gasteiger partial charge < -0.3 is 0 Å². The van der Waals surface area contributed by atoms with E-state index < -0.39 is 0 Å². The predicted octanol–water partition coefficient (Wildman–Crippen LogP) is 5.22. The third kappa shape index (κ3) is 1.92. The summed E-state index contributed by atoms with van der Waals surface area (Å²) in [6.45, 7) is 4.98. The van der Waals surface area contributed by atoms with Crippen LogP contribution in [0.15, 0.2) is 22.8 Å². The third-order valence-electron chi connectivity index (χ3n) is 7.42.